The average Bonchev–Trinajstić information content (AvgIpc) is 2.50. The first-order chi connectivity index (χ1) is 10.8. The maximum atomic E-state index is 3.49. The molecule has 0 fully saturated rings. The van der Waals surface area contributed by atoms with Crippen molar-refractivity contribution in [2.75, 3.05) is 6.54 Å². The van der Waals surface area contributed by atoms with Gasteiger partial charge in [-0.2, -0.15) is 0 Å². The van der Waals surface area contributed by atoms with Crippen molar-refractivity contribution in [3.8, 4) is 0 Å². The molecule has 0 saturated heterocycles. The zero-order valence-corrected chi connectivity index (χ0v) is 15.8. The normalized spacial score (nSPS) is 11.8. The van der Waals surface area contributed by atoms with Gasteiger partial charge in [0.15, 0.2) is 0 Å². The molecule has 1 N–H and O–H groups in total. The molecular weight excluding hydrogens is 266 g/mol. The van der Waals surface area contributed by atoms with Crippen molar-refractivity contribution in [1.82, 2.24) is 5.32 Å². The van der Waals surface area contributed by atoms with E-state index in [-0.39, 0.29) is 0 Å². The monoisotopic (exact) mass is 309 g/mol. The Labute approximate surface area is 141 Å². The third-order valence-corrected chi connectivity index (χ3v) is 4.24. The molecule has 0 atom stereocenters. The fraction of sp³-hybridized carbons (Fsp3) is 0.905. The van der Waals surface area contributed by atoms with Crippen molar-refractivity contribution in [3.63, 3.8) is 0 Å². The predicted molar refractivity (Wildman–Crippen MR) is 103 cm³/mol. The van der Waals surface area contributed by atoms with Crippen LogP contribution in [0.5, 0.6) is 0 Å². The molecule has 0 saturated carbocycles. The summed E-state index contributed by atoms with van der Waals surface area (Å²) in [7, 11) is 0. The Morgan fingerprint density at radius 2 is 1.09 bits per heavy atom. The summed E-state index contributed by atoms with van der Waals surface area (Å²) in [4.78, 5) is 0. The third kappa shape index (κ3) is 19.7. The standard InChI is InChI=1S/C21H43N/c1-4-5-6-7-8-9-10-11-12-13-14-15-16-17-18-19-20-22-21(2)3/h11-12,21-22H,4-10,13-20H2,1-3H3/b12-11-. The van der Waals surface area contributed by atoms with Crippen molar-refractivity contribution in [3.05, 3.63) is 12.2 Å². The van der Waals surface area contributed by atoms with Gasteiger partial charge in [0.1, 0.15) is 0 Å². The van der Waals surface area contributed by atoms with Crippen LogP contribution in [0.4, 0.5) is 0 Å². The molecule has 0 heterocycles. The van der Waals surface area contributed by atoms with Crippen LogP contribution < -0.4 is 5.32 Å². The lowest BCUT2D eigenvalue weighted by Crippen LogP contribution is -2.23. The Morgan fingerprint density at radius 1 is 0.636 bits per heavy atom. The van der Waals surface area contributed by atoms with Gasteiger partial charge >= 0.3 is 0 Å². The molecule has 0 aliphatic rings. The number of rotatable bonds is 17. The van der Waals surface area contributed by atoms with Gasteiger partial charge in [-0.3, -0.25) is 0 Å². The van der Waals surface area contributed by atoms with Gasteiger partial charge in [-0.25, -0.2) is 0 Å². The Kier molecular flexibility index (Phi) is 18.5. The summed E-state index contributed by atoms with van der Waals surface area (Å²) in [5.74, 6) is 0. The lowest BCUT2D eigenvalue weighted by Gasteiger charge is -2.07. The van der Waals surface area contributed by atoms with E-state index < -0.39 is 0 Å². The van der Waals surface area contributed by atoms with Gasteiger partial charge in [-0.05, 0) is 38.6 Å². The largest absolute Gasteiger partial charge is 0.315 e. The van der Waals surface area contributed by atoms with Crippen molar-refractivity contribution in [2.24, 2.45) is 0 Å². The highest BCUT2D eigenvalue weighted by atomic mass is 14.9. The number of unbranched alkanes of at least 4 members (excludes halogenated alkanes) is 12. The second kappa shape index (κ2) is 18.7. The van der Waals surface area contributed by atoms with E-state index in [1.54, 1.807) is 0 Å². The molecule has 0 spiro atoms. The lowest BCUT2D eigenvalue weighted by molar-refractivity contribution is 0.533. The number of nitrogens with one attached hydrogen (secondary N) is 1. The minimum atomic E-state index is 0.642. The van der Waals surface area contributed by atoms with Crippen LogP contribution in [0.1, 0.15) is 111 Å². The summed E-state index contributed by atoms with van der Waals surface area (Å²) >= 11 is 0. The molecule has 1 heteroatoms. The highest BCUT2D eigenvalue weighted by Crippen LogP contribution is 2.09. The summed E-state index contributed by atoms with van der Waals surface area (Å²) in [6.45, 7) is 7.92. The fourth-order valence-electron chi connectivity index (χ4n) is 2.76. The molecule has 1 nitrogen and oxygen atoms in total. The highest BCUT2D eigenvalue weighted by Gasteiger charge is 1.93. The molecule has 0 radical (unpaired) electrons. The lowest BCUT2D eigenvalue weighted by atomic mass is 10.1. The van der Waals surface area contributed by atoms with E-state index in [1.807, 2.05) is 0 Å². The quantitative estimate of drug-likeness (QED) is 0.225. The first kappa shape index (κ1) is 21.7. The molecule has 0 aromatic rings. The number of hydrogen-bond acceptors (Lipinski definition) is 1. The fourth-order valence-corrected chi connectivity index (χ4v) is 2.76. The van der Waals surface area contributed by atoms with Crippen LogP contribution in [0.3, 0.4) is 0 Å². The SMILES string of the molecule is CCCCCCCC/C=C\CCCCCCCCNC(C)C. The van der Waals surface area contributed by atoms with Gasteiger partial charge in [-0.1, -0.05) is 90.7 Å². The molecule has 0 bridgehead atoms. The Balaban J connectivity index is 3.05. The first-order valence-corrected chi connectivity index (χ1v) is 10.2. The third-order valence-electron chi connectivity index (χ3n) is 4.24. The maximum absolute atomic E-state index is 3.49. The van der Waals surface area contributed by atoms with Crippen LogP contribution in [-0.2, 0) is 0 Å². The predicted octanol–water partition coefficient (Wildman–Crippen LogP) is 7.02. The molecule has 0 amide bonds. The zero-order chi connectivity index (χ0) is 16.3. The van der Waals surface area contributed by atoms with Crippen LogP contribution in [-0.4, -0.2) is 12.6 Å². The summed E-state index contributed by atoms with van der Waals surface area (Å²) in [5.41, 5.74) is 0. The number of hydrogen-bond donors (Lipinski definition) is 1. The Bertz CT molecular complexity index is 220. The van der Waals surface area contributed by atoms with Crippen molar-refractivity contribution >= 4 is 0 Å². The van der Waals surface area contributed by atoms with Gasteiger partial charge in [-0.15, -0.1) is 0 Å². The molecule has 0 unspecified atom stereocenters. The second-order valence-corrected chi connectivity index (χ2v) is 7.05. The van der Waals surface area contributed by atoms with Gasteiger partial charge < -0.3 is 5.32 Å². The van der Waals surface area contributed by atoms with Crippen molar-refractivity contribution in [1.29, 1.82) is 0 Å². The average molecular weight is 310 g/mol. The number of allylic oxidation sites excluding steroid dienone is 2. The van der Waals surface area contributed by atoms with E-state index in [2.05, 4.69) is 38.2 Å². The first-order valence-electron chi connectivity index (χ1n) is 10.2. The summed E-state index contributed by atoms with van der Waals surface area (Å²) in [6.07, 6.45) is 24.3. The van der Waals surface area contributed by atoms with E-state index in [0.29, 0.717) is 6.04 Å². The van der Waals surface area contributed by atoms with E-state index in [9.17, 15) is 0 Å². The molecule has 22 heavy (non-hydrogen) atoms. The topological polar surface area (TPSA) is 12.0 Å². The zero-order valence-electron chi connectivity index (χ0n) is 15.8. The molecule has 132 valence electrons. The van der Waals surface area contributed by atoms with Gasteiger partial charge in [0.2, 0.25) is 0 Å². The van der Waals surface area contributed by atoms with Crippen LogP contribution >= 0.6 is 0 Å². The summed E-state index contributed by atoms with van der Waals surface area (Å²) in [5, 5.41) is 3.49. The Hall–Kier alpha value is -0.300. The van der Waals surface area contributed by atoms with Crippen molar-refractivity contribution < 1.29 is 0 Å². The molecule has 0 aliphatic heterocycles. The van der Waals surface area contributed by atoms with E-state index in [0.717, 1.165) is 0 Å². The molecule has 0 rings (SSSR count). The van der Waals surface area contributed by atoms with Gasteiger partial charge in [0.05, 0.1) is 0 Å². The van der Waals surface area contributed by atoms with Crippen LogP contribution in [0.15, 0.2) is 12.2 Å². The molecule has 0 aromatic heterocycles. The van der Waals surface area contributed by atoms with Crippen LogP contribution in [0.25, 0.3) is 0 Å². The minimum absolute atomic E-state index is 0.642. The minimum Gasteiger partial charge on any atom is -0.315 e. The van der Waals surface area contributed by atoms with Crippen LogP contribution in [0.2, 0.25) is 0 Å². The van der Waals surface area contributed by atoms with Gasteiger partial charge in [0, 0.05) is 6.04 Å². The smallest absolute Gasteiger partial charge is 0.00103 e. The maximum Gasteiger partial charge on any atom is 0.00103 e. The molecule has 0 aliphatic carbocycles. The second-order valence-electron chi connectivity index (χ2n) is 7.05. The molecular formula is C21H43N. The molecule has 0 aromatic carbocycles. The van der Waals surface area contributed by atoms with Gasteiger partial charge in [0.25, 0.3) is 0 Å². The summed E-state index contributed by atoms with van der Waals surface area (Å²) in [6, 6.07) is 0.642. The van der Waals surface area contributed by atoms with E-state index in [4.69, 9.17) is 0 Å². The van der Waals surface area contributed by atoms with Crippen molar-refractivity contribution in [2.45, 2.75) is 117 Å². The summed E-state index contributed by atoms with van der Waals surface area (Å²) < 4.78 is 0. The highest BCUT2D eigenvalue weighted by molar-refractivity contribution is 4.81. The van der Waals surface area contributed by atoms with E-state index in [1.165, 1.54) is 96.4 Å². The Morgan fingerprint density at radius 3 is 1.59 bits per heavy atom. The van der Waals surface area contributed by atoms with Crippen LogP contribution in [0, 0.1) is 0 Å². The van der Waals surface area contributed by atoms with E-state index >= 15 is 0 Å².